The second-order valence-electron chi connectivity index (χ2n) is 4.74. The van der Waals surface area contributed by atoms with Gasteiger partial charge in [-0.2, -0.15) is 0 Å². The van der Waals surface area contributed by atoms with Crippen molar-refractivity contribution in [2.75, 3.05) is 13.2 Å². The van der Waals surface area contributed by atoms with E-state index < -0.39 is 5.97 Å². The van der Waals surface area contributed by atoms with Crippen molar-refractivity contribution in [1.29, 1.82) is 0 Å². The van der Waals surface area contributed by atoms with Gasteiger partial charge >= 0.3 is 5.97 Å². The highest BCUT2D eigenvalue weighted by Gasteiger charge is 2.10. The lowest BCUT2D eigenvalue weighted by molar-refractivity contribution is -0.150. The second-order valence-corrected chi connectivity index (χ2v) is 5.14. The van der Waals surface area contributed by atoms with Crippen LogP contribution in [0.5, 0.6) is 5.75 Å². The van der Waals surface area contributed by atoms with Crippen LogP contribution in [0.15, 0.2) is 18.2 Å². The van der Waals surface area contributed by atoms with Crippen molar-refractivity contribution in [1.82, 2.24) is 5.32 Å². The maximum absolute atomic E-state index is 11.5. The zero-order valence-corrected chi connectivity index (χ0v) is 13.2. The van der Waals surface area contributed by atoms with Gasteiger partial charge in [-0.1, -0.05) is 18.5 Å². The van der Waals surface area contributed by atoms with Gasteiger partial charge in [0.1, 0.15) is 5.75 Å². The predicted octanol–water partition coefficient (Wildman–Crippen LogP) is 2.49. The Kier molecular flexibility index (Phi) is 7.02. The molecule has 1 amide bonds. The molecule has 0 bridgehead atoms. The first-order chi connectivity index (χ1) is 9.92. The summed E-state index contributed by atoms with van der Waals surface area (Å²) in [4.78, 5) is 22.9. The molecule has 0 aliphatic heterocycles. The molecule has 0 aliphatic carbocycles. The minimum Gasteiger partial charge on any atom is -0.482 e. The van der Waals surface area contributed by atoms with Gasteiger partial charge in [0, 0.05) is 11.1 Å². The lowest BCUT2D eigenvalue weighted by Gasteiger charge is -2.11. The Morgan fingerprint density at radius 2 is 2.05 bits per heavy atom. The van der Waals surface area contributed by atoms with Crippen molar-refractivity contribution in [2.24, 2.45) is 0 Å². The number of hydrogen-bond donors (Lipinski definition) is 1. The number of aryl methyl sites for hydroxylation is 1. The molecule has 0 unspecified atom stereocenters. The Morgan fingerprint density at radius 3 is 2.67 bits per heavy atom. The molecular formula is C15H20ClNO4. The first kappa shape index (κ1) is 17.3. The molecule has 0 saturated carbocycles. The fourth-order valence-electron chi connectivity index (χ4n) is 1.46. The average Bonchev–Trinajstić information content (AvgIpc) is 2.46. The highest BCUT2D eigenvalue weighted by atomic mass is 35.5. The first-order valence-electron chi connectivity index (χ1n) is 6.76. The third kappa shape index (κ3) is 6.49. The standard InChI is InChI=1S/C15H20ClNO4/c1-4-11(3)17-14(18)8-21-15(19)9-20-12-5-6-13(16)10(2)7-12/h5-7,11H,4,8-9H2,1-3H3,(H,17,18)/t11-/m1/s1. The van der Waals surface area contributed by atoms with E-state index in [4.69, 9.17) is 21.1 Å². The number of halogens is 1. The van der Waals surface area contributed by atoms with Gasteiger partial charge in [-0.05, 0) is 44.0 Å². The van der Waals surface area contributed by atoms with Crippen LogP contribution in [0.1, 0.15) is 25.8 Å². The average molecular weight is 314 g/mol. The Morgan fingerprint density at radius 1 is 1.33 bits per heavy atom. The van der Waals surface area contributed by atoms with Crippen LogP contribution in [0.4, 0.5) is 0 Å². The summed E-state index contributed by atoms with van der Waals surface area (Å²) in [6.07, 6.45) is 0.818. The summed E-state index contributed by atoms with van der Waals surface area (Å²) in [7, 11) is 0. The van der Waals surface area contributed by atoms with E-state index in [0.717, 1.165) is 12.0 Å². The van der Waals surface area contributed by atoms with Crippen LogP contribution in [0.25, 0.3) is 0 Å². The molecule has 0 saturated heterocycles. The van der Waals surface area contributed by atoms with E-state index in [1.165, 1.54) is 0 Å². The van der Waals surface area contributed by atoms with E-state index in [1.54, 1.807) is 18.2 Å². The highest BCUT2D eigenvalue weighted by molar-refractivity contribution is 6.31. The molecule has 6 heteroatoms. The van der Waals surface area contributed by atoms with Gasteiger partial charge in [0.05, 0.1) is 0 Å². The maximum Gasteiger partial charge on any atom is 0.344 e. The van der Waals surface area contributed by atoms with E-state index in [2.05, 4.69) is 5.32 Å². The van der Waals surface area contributed by atoms with E-state index >= 15 is 0 Å². The Balaban J connectivity index is 2.31. The second kappa shape index (κ2) is 8.52. The van der Waals surface area contributed by atoms with Gasteiger partial charge in [0.15, 0.2) is 13.2 Å². The van der Waals surface area contributed by atoms with Crippen molar-refractivity contribution in [2.45, 2.75) is 33.2 Å². The predicted molar refractivity (Wildman–Crippen MR) is 80.5 cm³/mol. The van der Waals surface area contributed by atoms with Crippen LogP contribution < -0.4 is 10.1 Å². The zero-order valence-electron chi connectivity index (χ0n) is 12.4. The fourth-order valence-corrected chi connectivity index (χ4v) is 1.57. The largest absolute Gasteiger partial charge is 0.482 e. The van der Waals surface area contributed by atoms with Crippen molar-refractivity contribution >= 4 is 23.5 Å². The normalized spacial score (nSPS) is 11.6. The van der Waals surface area contributed by atoms with Crippen LogP contribution in [-0.4, -0.2) is 31.1 Å². The molecule has 0 heterocycles. The monoisotopic (exact) mass is 313 g/mol. The van der Waals surface area contributed by atoms with Crippen LogP contribution >= 0.6 is 11.6 Å². The molecule has 21 heavy (non-hydrogen) atoms. The number of ether oxygens (including phenoxy) is 2. The SMILES string of the molecule is CC[C@@H](C)NC(=O)COC(=O)COc1ccc(Cl)c(C)c1. The number of carbonyl (C=O) groups is 2. The number of benzene rings is 1. The van der Waals surface area contributed by atoms with Crippen molar-refractivity contribution < 1.29 is 19.1 Å². The summed E-state index contributed by atoms with van der Waals surface area (Å²) in [5, 5.41) is 3.33. The maximum atomic E-state index is 11.5. The summed E-state index contributed by atoms with van der Waals surface area (Å²) in [5.41, 5.74) is 0.857. The van der Waals surface area contributed by atoms with E-state index in [0.29, 0.717) is 10.8 Å². The Hall–Kier alpha value is -1.75. The molecule has 5 nitrogen and oxygen atoms in total. The molecule has 1 aromatic carbocycles. The van der Waals surface area contributed by atoms with Gasteiger partial charge in [-0.3, -0.25) is 4.79 Å². The fraction of sp³-hybridized carbons (Fsp3) is 0.467. The smallest absolute Gasteiger partial charge is 0.344 e. The third-order valence-corrected chi connectivity index (χ3v) is 3.29. The lowest BCUT2D eigenvalue weighted by Crippen LogP contribution is -2.35. The summed E-state index contributed by atoms with van der Waals surface area (Å²) < 4.78 is 10.1. The van der Waals surface area contributed by atoms with Crippen LogP contribution in [0, 0.1) is 6.92 Å². The molecule has 0 spiro atoms. The molecule has 0 radical (unpaired) electrons. The first-order valence-corrected chi connectivity index (χ1v) is 7.14. The lowest BCUT2D eigenvalue weighted by atomic mass is 10.2. The Bertz CT molecular complexity index is 504. The Labute approximate surface area is 129 Å². The van der Waals surface area contributed by atoms with Crippen molar-refractivity contribution in [3.05, 3.63) is 28.8 Å². The van der Waals surface area contributed by atoms with Gasteiger partial charge in [-0.15, -0.1) is 0 Å². The molecular weight excluding hydrogens is 294 g/mol. The van der Waals surface area contributed by atoms with Crippen LogP contribution in [0.2, 0.25) is 5.02 Å². The highest BCUT2D eigenvalue weighted by Crippen LogP contribution is 2.20. The molecule has 1 rings (SSSR count). The summed E-state index contributed by atoms with van der Waals surface area (Å²) in [5.74, 6) is -0.389. The van der Waals surface area contributed by atoms with Gasteiger partial charge in [0.2, 0.25) is 0 Å². The molecule has 116 valence electrons. The van der Waals surface area contributed by atoms with E-state index in [1.807, 2.05) is 20.8 Å². The summed E-state index contributed by atoms with van der Waals surface area (Å²) in [6.45, 7) is 5.13. The van der Waals surface area contributed by atoms with Crippen LogP contribution in [-0.2, 0) is 14.3 Å². The number of rotatable bonds is 7. The minimum atomic E-state index is -0.595. The van der Waals surface area contributed by atoms with Gasteiger partial charge < -0.3 is 14.8 Å². The zero-order chi connectivity index (χ0) is 15.8. The number of nitrogens with one attached hydrogen (secondary N) is 1. The quantitative estimate of drug-likeness (QED) is 0.785. The number of amides is 1. The molecule has 0 aromatic heterocycles. The third-order valence-electron chi connectivity index (χ3n) is 2.87. The molecule has 1 atom stereocenters. The number of carbonyl (C=O) groups excluding carboxylic acids is 2. The number of esters is 1. The van der Waals surface area contributed by atoms with Crippen molar-refractivity contribution in [3.8, 4) is 5.75 Å². The van der Waals surface area contributed by atoms with Gasteiger partial charge in [0.25, 0.3) is 5.91 Å². The van der Waals surface area contributed by atoms with E-state index in [-0.39, 0.29) is 25.2 Å². The summed E-state index contributed by atoms with van der Waals surface area (Å²) >= 11 is 5.89. The molecule has 1 aromatic rings. The van der Waals surface area contributed by atoms with E-state index in [9.17, 15) is 9.59 Å². The van der Waals surface area contributed by atoms with Crippen LogP contribution in [0.3, 0.4) is 0 Å². The summed E-state index contributed by atoms with van der Waals surface area (Å²) in [6, 6.07) is 5.14. The number of hydrogen-bond acceptors (Lipinski definition) is 4. The minimum absolute atomic E-state index is 0.0597. The molecule has 0 fully saturated rings. The molecule has 0 aliphatic rings. The topological polar surface area (TPSA) is 64.6 Å². The van der Waals surface area contributed by atoms with Crippen molar-refractivity contribution in [3.63, 3.8) is 0 Å². The van der Waals surface area contributed by atoms with Gasteiger partial charge in [-0.25, -0.2) is 4.79 Å². The molecule has 1 N–H and O–H groups in total.